The molecule has 3 heterocycles. The van der Waals surface area contributed by atoms with E-state index in [2.05, 4.69) is 10.2 Å². The molecule has 1 aliphatic rings. The van der Waals surface area contributed by atoms with Crippen molar-refractivity contribution in [2.24, 2.45) is 0 Å². The predicted molar refractivity (Wildman–Crippen MR) is 140 cm³/mol. The van der Waals surface area contributed by atoms with Crippen molar-refractivity contribution in [2.75, 3.05) is 5.75 Å². The molecule has 170 valence electrons. The molecule has 0 fully saturated rings. The Morgan fingerprint density at radius 1 is 1.03 bits per heavy atom. The molecule has 0 N–H and O–H groups in total. The largest absolute Gasteiger partial charge is 0.293 e. The molecule has 3 aromatic heterocycles. The van der Waals surface area contributed by atoms with Crippen LogP contribution in [0.25, 0.3) is 27.3 Å². The van der Waals surface area contributed by atoms with Gasteiger partial charge in [-0.3, -0.25) is 9.20 Å². The minimum absolute atomic E-state index is 0.000315. The van der Waals surface area contributed by atoms with Crippen molar-refractivity contribution in [3.63, 3.8) is 0 Å². The van der Waals surface area contributed by atoms with Gasteiger partial charge in [0.25, 0.3) is 0 Å². The van der Waals surface area contributed by atoms with Crippen LogP contribution in [0.5, 0.6) is 0 Å². The number of thiophene rings is 1. The van der Waals surface area contributed by atoms with E-state index in [4.69, 9.17) is 28.2 Å². The van der Waals surface area contributed by atoms with Gasteiger partial charge in [-0.05, 0) is 67.6 Å². The van der Waals surface area contributed by atoms with Gasteiger partial charge in [0.05, 0.1) is 16.2 Å². The zero-order valence-corrected chi connectivity index (χ0v) is 21.1. The van der Waals surface area contributed by atoms with Crippen molar-refractivity contribution in [3.8, 4) is 11.4 Å². The molecule has 0 amide bonds. The van der Waals surface area contributed by atoms with Crippen LogP contribution in [0.4, 0.5) is 0 Å². The summed E-state index contributed by atoms with van der Waals surface area (Å²) in [6.07, 6.45) is 4.48. The fourth-order valence-corrected chi connectivity index (χ4v) is 6.83. The minimum Gasteiger partial charge on any atom is -0.293 e. The average Bonchev–Trinajstić information content (AvgIpc) is 3.44. The van der Waals surface area contributed by atoms with Gasteiger partial charge in [-0.25, -0.2) is 4.98 Å². The lowest BCUT2D eigenvalue weighted by Gasteiger charge is -2.12. The predicted octanol–water partition coefficient (Wildman–Crippen LogP) is 7.17. The van der Waals surface area contributed by atoms with E-state index in [0.717, 1.165) is 34.3 Å². The van der Waals surface area contributed by atoms with Gasteiger partial charge in [-0.1, -0.05) is 47.1 Å². The van der Waals surface area contributed by atoms with Crippen LogP contribution >= 0.6 is 46.3 Å². The van der Waals surface area contributed by atoms with Crippen LogP contribution in [-0.4, -0.2) is 31.1 Å². The molecule has 0 saturated carbocycles. The van der Waals surface area contributed by atoms with Gasteiger partial charge in [0.15, 0.2) is 22.4 Å². The lowest BCUT2D eigenvalue weighted by atomic mass is 9.97. The van der Waals surface area contributed by atoms with E-state index in [9.17, 15) is 4.79 Å². The monoisotopic (exact) mass is 524 g/mol. The number of halogens is 2. The maximum Gasteiger partial charge on any atom is 0.197 e. The molecule has 0 unspecified atom stereocenters. The van der Waals surface area contributed by atoms with E-state index < -0.39 is 0 Å². The maximum atomic E-state index is 12.8. The van der Waals surface area contributed by atoms with Gasteiger partial charge in [0, 0.05) is 21.0 Å². The van der Waals surface area contributed by atoms with Crippen LogP contribution in [0, 0.1) is 0 Å². The molecule has 2 aromatic carbocycles. The second kappa shape index (κ2) is 8.96. The van der Waals surface area contributed by atoms with Gasteiger partial charge in [-0.2, -0.15) is 0 Å². The van der Waals surface area contributed by atoms with E-state index in [0.29, 0.717) is 26.6 Å². The first-order valence-electron chi connectivity index (χ1n) is 11.0. The number of nitrogens with zero attached hydrogens (tertiary/aromatic N) is 4. The van der Waals surface area contributed by atoms with Crippen molar-refractivity contribution in [2.45, 2.75) is 30.8 Å². The molecule has 5 nitrogen and oxygen atoms in total. The summed E-state index contributed by atoms with van der Waals surface area (Å²) in [6.45, 7) is 0. The number of ketones is 1. The number of Topliss-reactive ketones (excluding diaryl/α,β-unsaturated/α-hetero) is 1. The van der Waals surface area contributed by atoms with Crippen LogP contribution < -0.4 is 0 Å². The van der Waals surface area contributed by atoms with Crippen molar-refractivity contribution in [1.29, 1.82) is 0 Å². The number of hydrogen-bond donors (Lipinski definition) is 0. The number of benzene rings is 2. The topological polar surface area (TPSA) is 60.2 Å². The SMILES string of the molecule is O=C(CSc1nnc2c3c4c(sc3nc(-c3ccccc3Cl)n12)CCCC4)c1ccc(Cl)cc1. The van der Waals surface area contributed by atoms with E-state index in [1.807, 2.05) is 28.7 Å². The van der Waals surface area contributed by atoms with E-state index >= 15 is 0 Å². The second-order valence-corrected chi connectivity index (χ2v) is 11.0. The molecule has 0 bridgehead atoms. The highest BCUT2D eigenvalue weighted by atomic mass is 35.5. The maximum absolute atomic E-state index is 12.8. The Morgan fingerprint density at radius 3 is 2.65 bits per heavy atom. The number of thioether (sulfide) groups is 1. The lowest BCUT2D eigenvalue weighted by Crippen LogP contribution is -2.04. The number of carbonyl (C=O) groups excluding carboxylic acids is 1. The molecule has 0 saturated heterocycles. The Labute approximate surface area is 214 Å². The summed E-state index contributed by atoms with van der Waals surface area (Å²) in [5.41, 5.74) is 3.55. The lowest BCUT2D eigenvalue weighted by molar-refractivity contribution is 0.102. The van der Waals surface area contributed by atoms with Crippen LogP contribution in [-0.2, 0) is 12.8 Å². The van der Waals surface area contributed by atoms with Gasteiger partial charge < -0.3 is 0 Å². The summed E-state index contributed by atoms with van der Waals surface area (Å²) >= 11 is 15.7. The Kier molecular flexibility index (Phi) is 5.81. The molecule has 1 aliphatic carbocycles. The molecule has 34 heavy (non-hydrogen) atoms. The van der Waals surface area contributed by atoms with E-state index in [1.54, 1.807) is 35.6 Å². The third-order valence-corrected chi connectivity index (χ3v) is 8.74. The number of fused-ring (bicyclic) bond motifs is 5. The molecule has 5 aromatic rings. The number of hydrogen-bond acceptors (Lipinski definition) is 6. The molecule has 0 spiro atoms. The highest BCUT2D eigenvalue weighted by molar-refractivity contribution is 7.99. The summed E-state index contributed by atoms with van der Waals surface area (Å²) in [4.78, 5) is 20.2. The third-order valence-electron chi connectivity index (χ3n) is 6.04. The number of carbonyl (C=O) groups is 1. The number of rotatable bonds is 5. The molecule has 0 radical (unpaired) electrons. The van der Waals surface area contributed by atoms with E-state index in [-0.39, 0.29) is 11.5 Å². The zero-order chi connectivity index (χ0) is 23.2. The first kappa shape index (κ1) is 22.0. The van der Waals surface area contributed by atoms with Gasteiger partial charge in [0.2, 0.25) is 0 Å². The highest BCUT2D eigenvalue weighted by Gasteiger charge is 2.25. The van der Waals surface area contributed by atoms with Crippen molar-refractivity contribution < 1.29 is 4.79 Å². The zero-order valence-electron chi connectivity index (χ0n) is 17.9. The first-order chi connectivity index (χ1) is 16.6. The Bertz CT molecular complexity index is 1560. The fourth-order valence-electron chi connectivity index (χ4n) is 4.40. The van der Waals surface area contributed by atoms with Crippen LogP contribution in [0.3, 0.4) is 0 Å². The van der Waals surface area contributed by atoms with Gasteiger partial charge in [0.1, 0.15) is 4.83 Å². The molecule has 9 heteroatoms. The quantitative estimate of drug-likeness (QED) is 0.180. The van der Waals surface area contributed by atoms with Gasteiger partial charge in [-0.15, -0.1) is 21.5 Å². The van der Waals surface area contributed by atoms with Crippen LogP contribution in [0.2, 0.25) is 10.0 Å². The Morgan fingerprint density at radius 2 is 1.82 bits per heavy atom. The number of aromatic nitrogens is 4. The van der Waals surface area contributed by atoms with Crippen LogP contribution in [0.15, 0.2) is 53.7 Å². The molecule has 0 atom stereocenters. The smallest absolute Gasteiger partial charge is 0.197 e. The second-order valence-electron chi connectivity index (χ2n) is 8.17. The summed E-state index contributed by atoms with van der Waals surface area (Å²) in [5.74, 6) is 0.919. The highest BCUT2D eigenvalue weighted by Crippen LogP contribution is 2.40. The van der Waals surface area contributed by atoms with Gasteiger partial charge >= 0.3 is 0 Å². The normalized spacial score (nSPS) is 13.5. The Hall–Kier alpha value is -2.45. The Balaban J connectivity index is 1.49. The summed E-state index contributed by atoms with van der Waals surface area (Å²) in [7, 11) is 0. The summed E-state index contributed by atoms with van der Waals surface area (Å²) < 4.78 is 1.96. The minimum atomic E-state index is -0.000315. The third kappa shape index (κ3) is 3.81. The first-order valence-corrected chi connectivity index (χ1v) is 13.5. The van der Waals surface area contributed by atoms with Crippen molar-refractivity contribution in [1.82, 2.24) is 19.6 Å². The molecule has 0 aliphatic heterocycles. The molecular formula is C25H18Cl2N4OS2. The fraction of sp³-hybridized carbons (Fsp3) is 0.200. The number of aryl methyl sites for hydroxylation is 2. The molecular weight excluding hydrogens is 507 g/mol. The van der Waals surface area contributed by atoms with Crippen molar-refractivity contribution >= 4 is 67.9 Å². The summed E-state index contributed by atoms with van der Waals surface area (Å²) in [6, 6.07) is 14.6. The molecule has 6 rings (SSSR count). The van der Waals surface area contributed by atoms with Crippen LogP contribution in [0.1, 0.15) is 33.6 Å². The van der Waals surface area contributed by atoms with E-state index in [1.165, 1.54) is 35.0 Å². The standard InChI is InChI=1S/C25H18Cl2N4OS2/c26-15-11-9-14(10-12-15)19(32)13-33-25-30-29-23-21-17-6-2-4-8-20(17)34-24(21)28-22(31(23)25)16-5-1-3-7-18(16)27/h1,3,5,7,9-12H,2,4,6,8,13H2. The van der Waals surface area contributed by atoms with Crippen molar-refractivity contribution in [3.05, 3.63) is 74.6 Å². The average molecular weight is 525 g/mol. The summed E-state index contributed by atoms with van der Waals surface area (Å²) in [5, 5.41) is 12.0.